The van der Waals surface area contributed by atoms with Gasteiger partial charge in [0.1, 0.15) is 0 Å². The van der Waals surface area contributed by atoms with Gasteiger partial charge in [0.25, 0.3) is 5.91 Å². The Morgan fingerprint density at radius 3 is 2.64 bits per heavy atom. The Labute approximate surface area is 174 Å². The Morgan fingerprint density at radius 1 is 1.14 bits per heavy atom. The molecule has 0 N–H and O–H groups in total. The Morgan fingerprint density at radius 2 is 1.89 bits per heavy atom. The maximum absolute atomic E-state index is 12.5. The number of hydrogen-bond acceptors (Lipinski definition) is 3. The number of amides is 1. The Balaban J connectivity index is 1.45. The zero-order valence-corrected chi connectivity index (χ0v) is 17.3. The van der Waals surface area contributed by atoms with E-state index in [1.165, 1.54) is 5.56 Å². The summed E-state index contributed by atoms with van der Waals surface area (Å²) in [4.78, 5) is 18.9. The second-order valence-corrected chi connectivity index (χ2v) is 8.30. The lowest BCUT2D eigenvalue weighted by Gasteiger charge is -2.15. The Bertz CT molecular complexity index is 978. The summed E-state index contributed by atoms with van der Waals surface area (Å²) in [6, 6.07) is 13.8. The van der Waals surface area contributed by atoms with Gasteiger partial charge < -0.3 is 4.90 Å². The van der Waals surface area contributed by atoms with E-state index in [2.05, 4.69) is 9.55 Å². The molecule has 0 spiro atoms. The minimum absolute atomic E-state index is 0.142. The largest absolute Gasteiger partial charge is 0.339 e. The van der Waals surface area contributed by atoms with Crippen LogP contribution in [0.1, 0.15) is 34.3 Å². The van der Waals surface area contributed by atoms with Crippen LogP contribution in [0.25, 0.3) is 5.69 Å². The first kappa shape index (κ1) is 19.1. The number of benzene rings is 2. The highest BCUT2D eigenvalue weighted by atomic mass is 35.5. The van der Waals surface area contributed by atoms with Crippen LogP contribution in [-0.4, -0.2) is 33.4 Å². The maximum atomic E-state index is 12.5. The van der Waals surface area contributed by atoms with Crippen LogP contribution in [0.15, 0.2) is 60.0 Å². The van der Waals surface area contributed by atoms with Gasteiger partial charge in [0, 0.05) is 41.8 Å². The topological polar surface area (TPSA) is 38.1 Å². The van der Waals surface area contributed by atoms with E-state index < -0.39 is 0 Å². The minimum atomic E-state index is 0.142. The SMILES string of the molecule is Cc1c(Cl)cccc1-n1ccnc1SCc1ccc(C(=O)N2CCCC2)cc1. The third-order valence-corrected chi connectivity index (χ3v) is 6.51. The van der Waals surface area contributed by atoms with Crippen molar-refractivity contribution in [2.45, 2.75) is 30.7 Å². The van der Waals surface area contributed by atoms with Gasteiger partial charge in [-0.1, -0.05) is 41.6 Å². The molecular weight excluding hydrogens is 390 g/mol. The molecule has 2 aromatic carbocycles. The van der Waals surface area contributed by atoms with Crippen LogP contribution in [0.5, 0.6) is 0 Å². The molecule has 1 aliphatic heterocycles. The molecule has 4 rings (SSSR count). The van der Waals surface area contributed by atoms with E-state index in [9.17, 15) is 4.79 Å². The fourth-order valence-corrected chi connectivity index (χ4v) is 4.52. The van der Waals surface area contributed by atoms with Crippen LogP contribution in [0.4, 0.5) is 0 Å². The molecule has 144 valence electrons. The van der Waals surface area contributed by atoms with E-state index in [4.69, 9.17) is 11.6 Å². The molecule has 2 heterocycles. The predicted molar refractivity (Wildman–Crippen MR) is 114 cm³/mol. The summed E-state index contributed by atoms with van der Waals surface area (Å²) in [6.07, 6.45) is 5.98. The van der Waals surface area contributed by atoms with E-state index in [1.807, 2.05) is 60.5 Å². The molecule has 28 heavy (non-hydrogen) atoms. The number of hydrogen-bond donors (Lipinski definition) is 0. The number of nitrogens with zero attached hydrogens (tertiary/aromatic N) is 3. The molecule has 0 bridgehead atoms. The van der Waals surface area contributed by atoms with Crippen LogP contribution in [-0.2, 0) is 5.75 Å². The van der Waals surface area contributed by atoms with Gasteiger partial charge in [-0.15, -0.1) is 0 Å². The van der Waals surface area contributed by atoms with Crippen LogP contribution < -0.4 is 0 Å². The highest BCUT2D eigenvalue weighted by molar-refractivity contribution is 7.98. The summed E-state index contributed by atoms with van der Waals surface area (Å²) in [6.45, 7) is 3.77. The first-order chi connectivity index (χ1) is 13.6. The van der Waals surface area contributed by atoms with E-state index >= 15 is 0 Å². The molecule has 1 fully saturated rings. The summed E-state index contributed by atoms with van der Waals surface area (Å²) in [5.41, 5.74) is 4.01. The summed E-state index contributed by atoms with van der Waals surface area (Å²) < 4.78 is 2.07. The molecule has 1 aliphatic rings. The molecule has 0 atom stereocenters. The first-order valence-electron chi connectivity index (χ1n) is 9.43. The van der Waals surface area contributed by atoms with Crippen molar-refractivity contribution in [2.24, 2.45) is 0 Å². The normalized spacial score (nSPS) is 13.9. The lowest BCUT2D eigenvalue weighted by molar-refractivity contribution is 0.0793. The first-order valence-corrected chi connectivity index (χ1v) is 10.8. The van der Waals surface area contributed by atoms with Gasteiger partial charge in [-0.05, 0) is 55.2 Å². The van der Waals surface area contributed by atoms with Crippen molar-refractivity contribution >= 4 is 29.3 Å². The summed E-state index contributed by atoms with van der Waals surface area (Å²) in [5.74, 6) is 0.929. The number of likely N-dealkylation sites (tertiary alicyclic amines) is 1. The number of carbonyl (C=O) groups is 1. The van der Waals surface area contributed by atoms with Crippen LogP contribution in [0.3, 0.4) is 0 Å². The lowest BCUT2D eigenvalue weighted by Crippen LogP contribution is -2.27. The van der Waals surface area contributed by atoms with Gasteiger partial charge in [-0.25, -0.2) is 4.98 Å². The van der Waals surface area contributed by atoms with Crippen LogP contribution in [0, 0.1) is 6.92 Å². The van der Waals surface area contributed by atoms with E-state index in [0.29, 0.717) is 0 Å². The standard InChI is InChI=1S/C22H22ClN3OS/c1-16-19(23)5-4-6-20(16)26-14-11-24-22(26)28-15-17-7-9-18(10-8-17)21(27)25-12-2-3-13-25/h4-11,14H,2-3,12-13,15H2,1H3. The maximum Gasteiger partial charge on any atom is 0.253 e. The molecular formula is C22H22ClN3OS. The molecule has 4 nitrogen and oxygen atoms in total. The summed E-state index contributed by atoms with van der Waals surface area (Å²) in [7, 11) is 0. The molecule has 0 saturated carbocycles. The van der Waals surface area contributed by atoms with Gasteiger partial charge in [-0.2, -0.15) is 0 Å². The highest BCUT2D eigenvalue weighted by Gasteiger charge is 2.19. The molecule has 0 radical (unpaired) electrons. The number of rotatable bonds is 5. The molecule has 1 aromatic heterocycles. The predicted octanol–water partition coefficient (Wildman–Crippen LogP) is 5.36. The molecule has 1 amide bonds. The number of thioether (sulfide) groups is 1. The van der Waals surface area contributed by atoms with Crippen molar-refractivity contribution in [1.29, 1.82) is 0 Å². The third kappa shape index (κ3) is 3.96. The quantitative estimate of drug-likeness (QED) is 0.530. The summed E-state index contributed by atoms with van der Waals surface area (Å²) in [5, 5.41) is 1.67. The minimum Gasteiger partial charge on any atom is -0.339 e. The van der Waals surface area contributed by atoms with E-state index in [1.54, 1.807) is 18.0 Å². The molecule has 0 unspecified atom stereocenters. The highest BCUT2D eigenvalue weighted by Crippen LogP contribution is 2.28. The molecule has 0 aliphatic carbocycles. The number of halogens is 1. The average molecular weight is 412 g/mol. The number of aromatic nitrogens is 2. The Hall–Kier alpha value is -2.24. The van der Waals surface area contributed by atoms with Crippen molar-refractivity contribution in [3.8, 4) is 5.69 Å². The van der Waals surface area contributed by atoms with Gasteiger partial charge >= 0.3 is 0 Å². The zero-order chi connectivity index (χ0) is 19.5. The van der Waals surface area contributed by atoms with Crippen molar-refractivity contribution in [3.63, 3.8) is 0 Å². The van der Waals surface area contributed by atoms with Crippen molar-refractivity contribution in [3.05, 3.63) is 76.6 Å². The monoisotopic (exact) mass is 411 g/mol. The van der Waals surface area contributed by atoms with Crippen LogP contribution in [0.2, 0.25) is 5.02 Å². The zero-order valence-electron chi connectivity index (χ0n) is 15.8. The Kier molecular flexibility index (Phi) is 5.74. The van der Waals surface area contributed by atoms with Crippen LogP contribution >= 0.6 is 23.4 Å². The van der Waals surface area contributed by atoms with E-state index in [-0.39, 0.29) is 5.91 Å². The molecule has 6 heteroatoms. The van der Waals surface area contributed by atoms with Gasteiger partial charge in [-0.3, -0.25) is 9.36 Å². The van der Waals surface area contributed by atoms with Gasteiger partial charge in [0.05, 0.1) is 5.69 Å². The second-order valence-electron chi connectivity index (χ2n) is 6.95. The van der Waals surface area contributed by atoms with Crippen molar-refractivity contribution < 1.29 is 4.79 Å². The molecule has 1 saturated heterocycles. The summed E-state index contributed by atoms with van der Waals surface area (Å²) >= 11 is 7.94. The molecule has 3 aromatic rings. The third-order valence-electron chi connectivity index (χ3n) is 5.07. The van der Waals surface area contributed by atoms with Gasteiger partial charge in [0.2, 0.25) is 0 Å². The average Bonchev–Trinajstić information content (AvgIpc) is 3.40. The smallest absolute Gasteiger partial charge is 0.253 e. The fraction of sp³-hybridized carbons (Fsp3) is 0.273. The van der Waals surface area contributed by atoms with E-state index in [0.717, 1.165) is 58.7 Å². The fourth-order valence-electron chi connectivity index (χ4n) is 3.43. The lowest BCUT2D eigenvalue weighted by atomic mass is 10.1. The number of carbonyl (C=O) groups excluding carboxylic acids is 1. The van der Waals surface area contributed by atoms with Gasteiger partial charge in [0.15, 0.2) is 5.16 Å². The van der Waals surface area contributed by atoms with Crippen molar-refractivity contribution in [2.75, 3.05) is 13.1 Å². The van der Waals surface area contributed by atoms with Crippen molar-refractivity contribution in [1.82, 2.24) is 14.5 Å². The number of imidazole rings is 1. The second kappa shape index (κ2) is 8.41.